The van der Waals surface area contributed by atoms with E-state index in [-0.39, 0.29) is 0 Å². The fourth-order valence-corrected chi connectivity index (χ4v) is 3.41. The molecule has 0 spiro atoms. The lowest BCUT2D eigenvalue weighted by atomic mass is 10.1. The van der Waals surface area contributed by atoms with Crippen molar-refractivity contribution in [1.82, 2.24) is 9.80 Å². The van der Waals surface area contributed by atoms with Crippen molar-refractivity contribution in [3.05, 3.63) is 84.2 Å². The summed E-state index contributed by atoms with van der Waals surface area (Å²) >= 11 is 5.88. The summed E-state index contributed by atoms with van der Waals surface area (Å²) in [5.74, 6) is 0.748. The molecule has 1 heterocycles. The van der Waals surface area contributed by atoms with Crippen molar-refractivity contribution in [2.75, 3.05) is 5.88 Å². The van der Waals surface area contributed by atoms with Gasteiger partial charge in [0.15, 0.2) is 0 Å². The summed E-state index contributed by atoms with van der Waals surface area (Å²) < 4.78 is 0. The van der Waals surface area contributed by atoms with Crippen LogP contribution in [0.3, 0.4) is 0 Å². The Kier molecular flexibility index (Phi) is 6.20. The summed E-state index contributed by atoms with van der Waals surface area (Å²) in [4.78, 5) is 4.90. The first-order valence-electron chi connectivity index (χ1n) is 8.70. The molecule has 2 aromatic carbocycles. The smallest absolute Gasteiger partial charge is 0.101 e. The standard InChI is InChI=1S/C21H25ClN2/c22-14-8-7-13-21-23(17-19-9-3-1-4-10-19)15-16-24(21)18-20-11-5-2-6-12-20/h1-6,9-12,15-16,21H,7-8,13-14,17-18H2. The molecule has 24 heavy (non-hydrogen) atoms. The van der Waals surface area contributed by atoms with Crippen LogP contribution in [0.2, 0.25) is 0 Å². The van der Waals surface area contributed by atoms with Crippen LogP contribution in [0, 0.1) is 0 Å². The first-order chi connectivity index (χ1) is 11.9. The molecule has 0 aromatic heterocycles. The Balaban J connectivity index is 1.68. The van der Waals surface area contributed by atoms with Crippen molar-refractivity contribution < 1.29 is 0 Å². The SMILES string of the molecule is ClCCCCC1N(Cc2ccccc2)C=CN1Cc1ccccc1. The van der Waals surface area contributed by atoms with Gasteiger partial charge in [-0.25, -0.2) is 0 Å². The maximum absolute atomic E-state index is 5.88. The van der Waals surface area contributed by atoms with Gasteiger partial charge >= 0.3 is 0 Å². The van der Waals surface area contributed by atoms with Crippen LogP contribution >= 0.6 is 11.6 Å². The van der Waals surface area contributed by atoms with Gasteiger partial charge in [0.1, 0.15) is 6.17 Å². The van der Waals surface area contributed by atoms with Crippen LogP contribution in [0.4, 0.5) is 0 Å². The van der Waals surface area contributed by atoms with E-state index in [2.05, 4.69) is 82.9 Å². The van der Waals surface area contributed by atoms with E-state index in [1.165, 1.54) is 11.1 Å². The van der Waals surface area contributed by atoms with Crippen LogP contribution in [0.25, 0.3) is 0 Å². The molecular formula is C21H25ClN2. The molecule has 0 N–H and O–H groups in total. The van der Waals surface area contributed by atoms with Crippen LogP contribution in [0.5, 0.6) is 0 Å². The first-order valence-corrected chi connectivity index (χ1v) is 9.24. The highest BCUT2D eigenvalue weighted by molar-refractivity contribution is 6.17. The predicted molar refractivity (Wildman–Crippen MR) is 101 cm³/mol. The van der Waals surface area contributed by atoms with E-state index in [0.29, 0.717) is 6.17 Å². The van der Waals surface area contributed by atoms with Crippen molar-refractivity contribution in [3.8, 4) is 0 Å². The Morgan fingerprint density at radius 2 is 1.21 bits per heavy atom. The number of unbranched alkanes of at least 4 members (excludes halogenated alkanes) is 1. The minimum atomic E-state index is 0.411. The predicted octanol–water partition coefficient (Wildman–Crippen LogP) is 5.21. The Labute approximate surface area is 150 Å². The topological polar surface area (TPSA) is 6.48 Å². The first kappa shape index (κ1) is 16.9. The van der Waals surface area contributed by atoms with E-state index in [4.69, 9.17) is 11.6 Å². The molecule has 1 aliphatic heterocycles. The molecule has 0 amide bonds. The van der Waals surface area contributed by atoms with Gasteiger partial charge in [-0.15, -0.1) is 11.6 Å². The number of halogens is 1. The summed E-state index contributed by atoms with van der Waals surface area (Å²) in [7, 11) is 0. The van der Waals surface area contributed by atoms with Gasteiger partial charge in [-0.2, -0.15) is 0 Å². The third-order valence-electron chi connectivity index (χ3n) is 4.48. The normalized spacial score (nSPS) is 14.5. The number of benzene rings is 2. The maximum Gasteiger partial charge on any atom is 0.101 e. The highest BCUT2D eigenvalue weighted by atomic mass is 35.5. The second-order valence-electron chi connectivity index (χ2n) is 6.28. The van der Waals surface area contributed by atoms with Crippen LogP contribution in [0.15, 0.2) is 73.1 Å². The number of alkyl halides is 1. The third kappa shape index (κ3) is 4.55. The second-order valence-corrected chi connectivity index (χ2v) is 6.66. The van der Waals surface area contributed by atoms with Crippen molar-refractivity contribution in [2.24, 2.45) is 0 Å². The Bertz CT molecular complexity index is 575. The van der Waals surface area contributed by atoms with E-state index in [1.54, 1.807) is 0 Å². The van der Waals surface area contributed by atoms with Crippen molar-refractivity contribution in [1.29, 1.82) is 0 Å². The van der Waals surface area contributed by atoms with Crippen molar-refractivity contribution in [2.45, 2.75) is 38.5 Å². The average molecular weight is 341 g/mol. The fourth-order valence-electron chi connectivity index (χ4n) is 3.22. The molecule has 0 aliphatic carbocycles. The van der Waals surface area contributed by atoms with Gasteiger partial charge in [0.05, 0.1) is 0 Å². The van der Waals surface area contributed by atoms with E-state index in [0.717, 1.165) is 38.2 Å². The molecule has 3 rings (SSSR count). The number of rotatable bonds is 8. The second kappa shape index (κ2) is 8.79. The molecule has 2 aromatic rings. The Morgan fingerprint density at radius 1 is 0.708 bits per heavy atom. The van der Waals surface area contributed by atoms with E-state index in [9.17, 15) is 0 Å². The van der Waals surface area contributed by atoms with Gasteiger partial charge in [-0.05, 0) is 30.4 Å². The van der Waals surface area contributed by atoms with E-state index in [1.807, 2.05) is 0 Å². The molecule has 0 bridgehead atoms. The largest absolute Gasteiger partial charge is 0.352 e. The van der Waals surface area contributed by atoms with Gasteiger partial charge in [-0.3, -0.25) is 0 Å². The van der Waals surface area contributed by atoms with Crippen LogP contribution in [-0.2, 0) is 13.1 Å². The lowest BCUT2D eigenvalue weighted by Crippen LogP contribution is -2.37. The summed E-state index contributed by atoms with van der Waals surface area (Å²) in [6.45, 7) is 1.91. The molecule has 0 unspecified atom stereocenters. The van der Waals surface area contributed by atoms with Gasteiger partial charge < -0.3 is 9.80 Å². The Morgan fingerprint density at radius 3 is 1.67 bits per heavy atom. The quantitative estimate of drug-likeness (QED) is 0.480. The molecule has 0 saturated carbocycles. The maximum atomic E-state index is 5.88. The highest BCUT2D eigenvalue weighted by Crippen LogP contribution is 2.25. The van der Waals surface area contributed by atoms with Gasteiger partial charge in [0, 0.05) is 31.4 Å². The minimum absolute atomic E-state index is 0.411. The number of hydrogen-bond donors (Lipinski definition) is 0. The lowest BCUT2D eigenvalue weighted by molar-refractivity contribution is 0.129. The van der Waals surface area contributed by atoms with Gasteiger partial charge in [0.2, 0.25) is 0 Å². The highest BCUT2D eigenvalue weighted by Gasteiger charge is 2.25. The van der Waals surface area contributed by atoms with E-state index < -0.39 is 0 Å². The van der Waals surface area contributed by atoms with Crippen LogP contribution in [0.1, 0.15) is 30.4 Å². The number of nitrogens with zero attached hydrogens (tertiary/aromatic N) is 2. The molecule has 0 radical (unpaired) electrons. The van der Waals surface area contributed by atoms with E-state index >= 15 is 0 Å². The molecule has 126 valence electrons. The molecule has 2 nitrogen and oxygen atoms in total. The summed E-state index contributed by atoms with van der Waals surface area (Å²) in [5.41, 5.74) is 2.71. The van der Waals surface area contributed by atoms with Gasteiger partial charge in [0.25, 0.3) is 0 Å². The van der Waals surface area contributed by atoms with Crippen molar-refractivity contribution in [3.63, 3.8) is 0 Å². The van der Waals surface area contributed by atoms with Gasteiger partial charge in [-0.1, -0.05) is 60.7 Å². The zero-order chi connectivity index (χ0) is 16.6. The molecule has 3 heteroatoms. The number of hydrogen-bond acceptors (Lipinski definition) is 2. The Hall–Kier alpha value is -1.93. The third-order valence-corrected chi connectivity index (χ3v) is 4.74. The summed E-state index contributed by atoms with van der Waals surface area (Å²) in [6, 6.07) is 21.4. The lowest BCUT2D eigenvalue weighted by Gasteiger charge is -2.33. The zero-order valence-electron chi connectivity index (χ0n) is 14.0. The molecule has 1 aliphatic rings. The monoisotopic (exact) mass is 340 g/mol. The van der Waals surface area contributed by atoms with Crippen molar-refractivity contribution >= 4 is 11.6 Å². The minimum Gasteiger partial charge on any atom is -0.352 e. The molecule has 0 atom stereocenters. The van der Waals surface area contributed by atoms with Crippen LogP contribution < -0.4 is 0 Å². The van der Waals surface area contributed by atoms with Crippen LogP contribution in [-0.4, -0.2) is 21.8 Å². The summed E-state index contributed by atoms with van der Waals surface area (Å²) in [5, 5.41) is 0. The molecule has 0 fully saturated rings. The average Bonchev–Trinajstić information content (AvgIpc) is 2.99. The molecular weight excluding hydrogens is 316 g/mol. The summed E-state index contributed by atoms with van der Waals surface area (Å²) in [6.07, 6.45) is 8.26. The fraction of sp³-hybridized carbons (Fsp3) is 0.333. The zero-order valence-corrected chi connectivity index (χ0v) is 14.8. The molecule has 0 saturated heterocycles.